The van der Waals surface area contributed by atoms with Gasteiger partial charge in [0.05, 0.1) is 13.0 Å². The Morgan fingerprint density at radius 1 is 0.905 bits per heavy atom. The number of fused-ring (bicyclic) bond motifs is 1. The fourth-order valence-electron chi connectivity index (χ4n) is 4.40. The Balaban J connectivity index is 1.35. The van der Waals surface area contributed by atoms with E-state index in [-0.39, 0.29) is 29.6 Å². The van der Waals surface area contributed by atoms with Crippen molar-refractivity contribution in [3.63, 3.8) is 0 Å². The maximum atomic E-state index is 13.2. The predicted molar refractivity (Wildman–Crippen MR) is 147 cm³/mol. The first-order chi connectivity index (χ1) is 20.3. The van der Waals surface area contributed by atoms with E-state index in [1.165, 1.54) is 49.6 Å². The van der Waals surface area contributed by atoms with E-state index in [0.29, 0.717) is 34.1 Å². The number of nitrogens with zero attached hydrogens (tertiary/aromatic N) is 1. The van der Waals surface area contributed by atoms with Crippen LogP contribution in [0.4, 0.5) is 8.78 Å². The quantitative estimate of drug-likeness (QED) is 0.200. The molecule has 0 amide bonds. The minimum Gasteiger partial charge on any atom is -0.493 e. The van der Waals surface area contributed by atoms with Crippen molar-refractivity contribution < 1.29 is 37.3 Å². The van der Waals surface area contributed by atoms with Crippen molar-refractivity contribution in [2.75, 3.05) is 13.7 Å². The lowest BCUT2D eigenvalue weighted by molar-refractivity contribution is -0.136. The van der Waals surface area contributed by atoms with Gasteiger partial charge >= 0.3 is 5.97 Å². The van der Waals surface area contributed by atoms with Gasteiger partial charge in [0.2, 0.25) is 5.88 Å². The summed E-state index contributed by atoms with van der Waals surface area (Å²) in [5.41, 5.74) is 8.40. The third-order valence-electron chi connectivity index (χ3n) is 6.42. The van der Waals surface area contributed by atoms with Crippen LogP contribution in [0.1, 0.15) is 22.6 Å². The van der Waals surface area contributed by atoms with E-state index in [9.17, 15) is 18.8 Å². The third-order valence-corrected chi connectivity index (χ3v) is 6.42. The molecule has 2 N–H and O–H groups in total. The number of carbonyl (C=O) groups is 1. The van der Waals surface area contributed by atoms with Gasteiger partial charge in [-0.3, -0.25) is 0 Å². The first kappa shape index (κ1) is 28.0. The molecule has 4 aromatic rings. The van der Waals surface area contributed by atoms with Gasteiger partial charge in [-0.1, -0.05) is 24.3 Å². The van der Waals surface area contributed by atoms with Crippen LogP contribution >= 0.6 is 0 Å². The van der Waals surface area contributed by atoms with Gasteiger partial charge in [-0.2, -0.15) is 5.26 Å². The van der Waals surface area contributed by atoms with Crippen LogP contribution in [0.3, 0.4) is 0 Å². The van der Waals surface area contributed by atoms with E-state index in [1.807, 2.05) is 0 Å². The lowest BCUT2D eigenvalue weighted by atomic mass is 9.83. The van der Waals surface area contributed by atoms with Crippen molar-refractivity contribution in [1.82, 2.24) is 0 Å². The molecule has 0 saturated carbocycles. The molecule has 5 rings (SSSR count). The van der Waals surface area contributed by atoms with Crippen molar-refractivity contribution >= 4 is 5.97 Å². The van der Waals surface area contributed by atoms with Crippen LogP contribution in [0.25, 0.3) is 0 Å². The number of halogens is 2. The van der Waals surface area contributed by atoms with Crippen molar-refractivity contribution in [3.8, 4) is 34.8 Å². The fourth-order valence-corrected chi connectivity index (χ4v) is 4.40. The van der Waals surface area contributed by atoms with E-state index in [1.54, 1.807) is 42.5 Å². The minimum absolute atomic E-state index is 0.0891. The molecule has 42 heavy (non-hydrogen) atoms. The normalized spacial score (nSPS) is 13.8. The Hall–Kier alpha value is -5.56. The number of esters is 1. The molecule has 1 aliphatic heterocycles. The molecule has 0 aromatic heterocycles. The van der Waals surface area contributed by atoms with Gasteiger partial charge in [0, 0.05) is 11.6 Å². The van der Waals surface area contributed by atoms with E-state index in [4.69, 9.17) is 29.4 Å². The van der Waals surface area contributed by atoms with Crippen molar-refractivity contribution in [2.45, 2.75) is 12.5 Å². The second kappa shape index (κ2) is 12.3. The molecule has 0 aliphatic carbocycles. The molecule has 1 aliphatic rings. The van der Waals surface area contributed by atoms with Crippen LogP contribution in [0, 0.1) is 23.0 Å². The van der Waals surface area contributed by atoms with Gasteiger partial charge in [0.15, 0.2) is 18.1 Å². The molecule has 0 saturated heterocycles. The molecular formula is C32H24F2N2O6. The van der Waals surface area contributed by atoms with Gasteiger partial charge in [0.25, 0.3) is 0 Å². The Morgan fingerprint density at radius 2 is 1.60 bits per heavy atom. The predicted octanol–water partition coefficient (Wildman–Crippen LogP) is 5.75. The molecule has 10 heteroatoms. The smallest absolute Gasteiger partial charge is 0.349 e. The number of ether oxygens (including phenoxy) is 5. The van der Waals surface area contributed by atoms with Crippen LogP contribution in [0.15, 0.2) is 96.4 Å². The number of allylic oxidation sites excluding steroid dienone is 1. The molecule has 1 heterocycles. The van der Waals surface area contributed by atoms with Crippen molar-refractivity contribution in [1.29, 1.82) is 5.26 Å². The number of hydrogen-bond donors (Lipinski definition) is 1. The zero-order valence-corrected chi connectivity index (χ0v) is 22.3. The number of benzene rings is 4. The Morgan fingerprint density at radius 3 is 2.29 bits per heavy atom. The highest BCUT2D eigenvalue weighted by Crippen LogP contribution is 2.45. The molecule has 0 fully saturated rings. The van der Waals surface area contributed by atoms with Gasteiger partial charge < -0.3 is 29.4 Å². The van der Waals surface area contributed by atoms with E-state index in [2.05, 4.69) is 6.07 Å². The number of nitrogens with two attached hydrogens (primary N) is 1. The monoisotopic (exact) mass is 570 g/mol. The Labute approximate surface area is 240 Å². The van der Waals surface area contributed by atoms with Crippen molar-refractivity contribution in [3.05, 3.63) is 125 Å². The summed E-state index contributed by atoms with van der Waals surface area (Å²) in [5, 5.41) is 9.92. The number of nitriles is 1. The first-order valence-electron chi connectivity index (χ1n) is 12.7. The average Bonchev–Trinajstić information content (AvgIpc) is 2.99. The van der Waals surface area contributed by atoms with E-state index in [0.717, 1.165) is 5.56 Å². The standard InChI is InChI=1S/C32H24F2N2O6/c1-38-29-14-20(4-13-27(29)40-17-19-2-5-21(33)6-3-19)31-25-12-11-24(15-28(25)42-32(36)26(31)16-35)41-30(37)18-39-23-9-7-22(34)8-10-23/h2-15,31H,17-18,36H2,1H3. The molecule has 0 bridgehead atoms. The SMILES string of the molecule is COc1cc(C2C(C#N)=C(N)Oc3cc(OC(=O)COc4ccc(F)cc4)ccc32)ccc1OCc1ccc(F)cc1. The zero-order chi connectivity index (χ0) is 29.6. The van der Waals surface area contributed by atoms with Gasteiger partial charge in [-0.05, 0) is 65.7 Å². The second-order valence-electron chi connectivity index (χ2n) is 9.17. The summed E-state index contributed by atoms with van der Waals surface area (Å²) < 4.78 is 54.2. The summed E-state index contributed by atoms with van der Waals surface area (Å²) >= 11 is 0. The maximum Gasteiger partial charge on any atom is 0.349 e. The summed E-state index contributed by atoms with van der Waals surface area (Å²) in [6.07, 6.45) is 0. The third kappa shape index (κ3) is 6.26. The van der Waals surface area contributed by atoms with Crippen LogP contribution in [0.5, 0.6) is 28.7 Å². The lowest BCUT2D eigenvalue weighted by Gasteiger charge is -2.27. The van der Waals surface area contributed by atoms with E-state index >= 15 is 0 Å². The summed E-state index contributed by atoms with van der Waals surface area (Å²) in [4.78, 5) is 12.3. The number of rotatable bonds is 9. The molecular weight excluding hydrogens is 546 g/mol. The topological polar surface area (TPSA) is 113 Å². The molecule has 1 unspecified atom stereocenters. The number of carbonyl (C=O) groups excluding carboxylic acids is 1. The molecule has 0 spiro atoms. The van der Waals surface area contributed by atoms with E-state index < -0.39 is 24.3 Å². The van der Waals surface area contributed by atoms with Crippen LogP contribution in [-0.4, -0.2) is 19.7 Å². The van der Waals surface area contributed by atoms with Gasteiger partial charge in [-0.15, -0.1) is 0 Å². The van der Waals surface area contributed by atoms with Crippen LogP contribution in [-0.2, 0) is 11.4 Å². The molecule has 0 radical (unpaired) electrons. The van der Waals surface area contributed by atoms with Crippen LogP contribution < -0.4 is 29.4 Å². The number of methoxy groups -OCH3 is 1. The molecule has 8 nitrogen and oxygen atoms in total. The summed E-state index contributed by atoms with van der Waals surface area (Å²) in [6.45, 7) is -0.203. The second-order valence-corrected chi connectivity index (χ2v) is 9.17. The van der Waals surface area contributed by atoms with Crippen molar-refractivity contribution in [2.24, 2.45) is 5.73 Å². The summed E-state index contributed by atoms with van der Waals surface area (Å²) in [7, 11) is 1.50. The highest BCUT2D eigenvalue weighted by atomic mass is 19.1. The van der Waals surface area contributed by atoms with Crippen LogP contribution in [0.2, 0.25) is 0 Å². The molecule has 4 aromatic carbocycles. The first-order valence-corrected chi connectivity index (χ1v) is 12.7. The van der Waals surface area contributed by atoms with Gasteiger partial charge in [-0.25, -0.2) is 13.6 Å². The fraction of sp³-hybridized carbons (Fsp3) is 0.125. The average molecular weight is 571 g/mol. The Kier molecular flexibility index (Phi) is 8.20. The molecule has 212 valence electrons. The maximum absolute atomic E-state index is 13.2. The highest BCUT2D eigenvalue weighted by molar-refractivity contribution is 5.74. The Bertz CT molecular complexity index is 1680. The molecule has 1 atom stereocenters. The zero-order valence-electron chi connectivity index (χ0n) is 22.3. The van der Waals surface area contributed by atoms with Gasteiger partial charge in [0.1, 0.15) is 47.1 Å². The largest absolute Gasteiger partial charge is 0.493 e. The minimum atomic E-state index is -0.686. The summed E-state index contributed by atoms with van der Waals surface area (Å²) in [5.74, 6) is -0.466. The highest BCUT2D eigenvalue weighted by Gasteiger charge is 2.32. The lowest BCUT2D eigenvalue weighted by Crippen LogP contribution is -2.21. The summed E-state index contributed by atoms with van der Waals surface area (Å²) in [6, 6.07) is 23.3. The number of hydrogen-bond acceptors (Lipinski definition) is 8.